The van der Waals surface area contributed by atoms with Crippen molar-refractivity contribution in [3.63, 3.8) is 0 Å². The molecule has 0 bridgehead atoms. The first-order valence-electron chi connectivity index (χ1n) is 13.6. The van der Waals surface area contributed by atoms with E-state index in [1.807, 2.05) is 42.5 Å². The monoisotopic (exact) mass is 626 g/mol. The van der Waals surface area contributed by atoms with Crippen LogP contribution in [0.5, 0.6) is 5.75 Å². The predicted molar refractivity (Wildman–Crippen MR) is 166 cm³/mol. The van der Waals surface area contributed by atoms with E-state index in [1.54, 1.807) is 51.3 Å². The fraction of sp³-hybridized carbons (Fsp3) is 0.156. The van der Waals surface area contributed by atoms with Crippen molar-refractivity contribution in [1.29, 1.82) is 0 Å². The van der Waals surface area contributed by atoms with E-state index in [1.165, 1.54) is 22.0 Å². The van der Waals surface area contributed by atoms with Gasteiger partial charge in [0.2, 0.25) is 0 Å². The topological polar surface area (TPSA) is 129 Å². The molecule has 0 spiro atoms. The van der Waals surface area contributed by atoms with Gasteiger partial charge in [-0.1, -0.05) is 53.8 Å². The van der Waals surface area contributed by atoms with Gasteiger partial charge >= 0.3 is 5.97 Å². The van der Waals surface area contributed by atoms with E-state index < -0.39 is 12.0 Å². The summed E-state index contributed by atoms with van der Waals surface area (Å²) in [5.74, 6) is 0.447. The molecule has 0 unspecified atom stereocenters. The first-order chi connectivity index (χ1) is 21.3. The number of furan rings is 1. The Hall–Kier alpha value is -4.94. The van der Waals surface area contributed by atoms with Crippen LogP contribution in [0.1, 0.15) is 35.5 Å². The highest BCUT2D eigenvalue weighted by atomic mass is 32.2. The average Bonchev–Trinajstić information content (AvgIpc) is 3.59. The average molecular weight is 627 g/mol. The summed E-state index contributed by atoms with van der Waals surface area (Å²) in [5.41, 5.74) is 2.06. The molecule has 0 amide bonds. The number of aryl methyl sites for hydroxylation is 1. The maximum Gasteiger partial charge on any atom is 0.338 e. The number of thiazole rings is 1. The molecule has 4 heterocycles. The zero-order valence-electron chi connectivity index (χ0n) is 23.9. The highest BCUT2D eigenvalue weighted by molar-refractivity contribution is 7.99. The lowest BCUT2D eigenvalue weighted by atomic mass is 9.93. The van der Waals surface area contributed by atoms with E-state index in [-0.39, 0.29) is 23.3 Å². The van der Waals surface area contributed by atoms with Gasteiger partial charge in [0.1, 0.15) is 11.5 Å². The van der Waals surface area contributed by atoms with E-state index in [0.29, 0.717) is 48.0 Å². The lowest BCUT2D eigenvalue weighted by molar-refractivity contribution is -0.138. The number of carbonyl (C=O) groups excluding carboxylic acids is 1. The molecule has 3 aromatic heterocycles. The smallest absolute Gasteiger partial charge is 0.338 e. The van der Waals surface area contributed by atoms with Crippen LogP contribution in [-0.2, 0) is 9.53 Å². The molecule has 222 valence electrons. The maximum atomic E-state index is 14.1. The molecule has 2 aromatic carbocycles. The van der Waals surface area contributed by atoms with Crippen molar-refractivity contribution in [1.82, 2.24) is 14.5 Å². The third-order valence-corrected chi connectivity index (χ3v) is 8.49. The summed E-state index contributed by atoms with van der Waals surface area (Å²) in [6.07, 6.45) is 1.64. The Balaban J connectivity index is 1.51. The predicted octanol–water partition coefficient (Wildman–Crippen LogP) is 4.08. The normalized spacial score (nSPS) is 14.7. The number of rotatable bonds is 8. The van der Waals surface area contributed by atoms with E-state index >= 15 is 0 Å². The molecule has 1 aliphatic rings. The molecule has 0 aliphatic carbocycles. The van der Waals surface area contributed by atoms with E-state index in [9.17, 15) is 14.4 Å². The Morgan fingerprint density at radius 2 is 1.93 bits per heavy atom. The number of methoxy groups -OCH3 is 1. The zero-order valence-corrected chi connectivity index (χ0v) is 25.5. The van der Waals surface area contributed by atoms with Crippen LogP contribution in [0.3, 0.4) is 0 Å². The van der Waals surface area contributed by atoms with Crippen molar-refractivity contribution < 1.29 is 18.7 Å². The standard InChI is InChI=1S/C32H26N4O6S2/c1-4-41-30(39)26-27(19-9-6-5-7-10-19)35-32-36(28(26)20-11-8-12-21(16-20)40-3)29(38)23(43-32)17-22-13-14-25(42-22)44-31-33-18(2)15-24(37)34-31/h5-17,28H,4H2,1-3H3,(H,33,34,37)/b23-17+/t28-/m1/s1. The minimum Gasteiger partial charge on any atom is -0.497 e. The van der Waals surface area contributed by atoms with Crippen LogP contribution in [0.15, 0.2) is 108 Å². The van der Waals surface area contributed by atoms with E-state index in [4.69, 9.17) is 18.9 Å². The molecule has 0 fully saturated rings. The van der Waals surface area contributed by atoms with Crippen molar-refractivity contribution in [2.75, 3.05) is 13.7 Å². The van der Waals surface area contributed by atoms with Crippen LogP contribution in [-0.4, -0.2) is 34.2 Å². The number of ether oxygens (including phenoxy) is 2. The number of carbonyl (C=O) groups is 1. The number of nitrogens with zero attached hydrogens (tertiary/aromatic N) is 3. The lowest BCUT2D eigenvalue weighted by Gasteiger charge is -2.26. The van der Waals surface area contributed by atoms with Crippen LogP contribution >= 0.6 is 23.1 Å². The van der Waals surface area contributed by atoms with Gasteiger partial charge in [-0.3, -0.25) is 14.2 Å². The molecule has 44 heavy (non-hydrogen) atoms. The quantitative estimate of drug-likeness (QED) is 0.202. The SMILES string of the molecule is CCOC(=O)C1=C(c2ccccc2)N=c2s/c(=C/c3ccc(Sc4nc(C)cc(=O)[nH]4)o3)c(=O)n2[C@@H]1c1cccc(OC)c1. The Morgan fingerprint density at radius 3 is 2.68 bits per heavy atom. The fourth-order valence-corrected chi connectivity index (χ4v) is 6.65. The molecule has 1 atom stereocenters. The maximum absolute atomic E-state index is 14.1. The van der Waals surface area contributed by atoms with Crippen LogP contribution < -0.4 is 25.2 Å². The second-order valence-electron chi connectivity index (χ2n) is 9.66. The van der Waals surface area contributed by atoms with Crippen molar-refractivity contribution in [3.8, 4) is 5.75 Å². The van der Waals surface area contributed by atoms with E-state index in [0.717, 1.165) is 17.3 Å². The number of H-pyrrole nitrogens is 1. The number of benzene rings is 2. The van der Waals surface area contributed by atoms with Crippen LogP contribution in [0.25, 0.3) is 11.8 Å². The minimum atomic E-state index is -0.829. The summed E-state index contributed by atoms with van der Waals surface area (Å²) in [6, 6.07) is 20.7. The Bertz CT molecular complexity index is 2140. The van der Waals surface area contributed by atoms with Gasteiger partial charge in [-0.05, 0) is 55.4 Å². The number of fused-ring (bicyclic) bond motifs is 1. The number of esters is 1. The minimum absolute atomic E-state index is 0.157. The Kier molecular flexibility index (Phi) is 8.18. The number of aromatic amines is 1. The van der Waals surface area contributed by atoms with Gasteiger partial charge in [-0.15, -0.1) is 0 Å². The van der Waals surface area contributed by atoms with Gasteiger partial charge in [0, 0.05) is 23.4 Å². The van der Waals surface area contributed by atoms with Crippen molar-refractivity contribution in [3.05, 3.63) is 131 Å². The van der Waals surface area contributed by atoms with Crippen molar-refractivity contribution in [2.45, 2.75) is 30.1 Å². The second-order valence-corrected chi connectivity index (χ2v) is 11.7. The highest BCUT2D eigenvalue weighted by Crippen LogP contribution is 2.36. The van der Waals surface area contributed by atoms with E-state index in [2.05, 4.69) is 9.97 Å². The molecular weight excluding hydrogens is 601 g/mol. The molecule has 5 aromatic rings. The summed E-state index contributed by atoms with van der Waals surface area (Å²) < 4.78 is 18.8. The summed E-state index contributed by atoms with van der Waals surface area (Å²) in [7, 11) is 1.56. The molecule has 10 nitrogen and oxygen atoms in total. The lowest BCUT2D eigenvalue weighted by Crippen LogP contribution is -2.40. The molecule has 1 aliphatic heterocycles. The Morgan fingerprint density at radius 1 is 1.11 bits per heavy atom. The third-order valence-electron chi connectivity index (χ3n) is 6.70. The van der Waals surface area contributed by atoms with Crippen LogP contribution in [0.2, 0.25) is 0 Å². The molecule has 6 rings (SSSR count). The summed E-state index contributed by atoms with van der Waals surface area (Å²) >= 11 is 2.36. The number of hydrogen-bond acceptors (Lipinski definition) is 10. The first-order valence-corrected chi connectivity index (χ1v) is 15.3. The molecule has 0 saturated heterocycles. The van der Waals surface area contributed by atoms with Gasteiger partial charge < -0.3 is 18.9 Å². The second kappa shape index (κ2) is 12.3. The van der Waals surface area contributed by atoms with Crippen molar-refractivity contribution in [2.24, 2.45) is 4.99 Å². The summed E-state index contributed by atoms with van der Waals surface area (Å²) in [5, 5.41) is 0.886. The Labute approximate surface area is 259 Å². The largest absolute Gasteiger partial charge is 0.497 e. The molecule has 0 saturated carbocycles. The number of nitrogens with one attached hydrogen (secondary N) is 1. The summed E-state index contributed by atoms with van der Waals surface area (Å²) in [6.45, 7) is 3.63. The molecule has 1 N–H and O–H groups in total. The van der Waals surface area contributed by atoms with Crippen LogP contribution in [0.4, 0.5) is 0 Å². The molecular formula is C32H26N4O6S2. The number of aromatic nitrogens is 3. The van der Waals surface area contributed by atoms with Gasteiger partial charge in [0.15, 0.2) is 15.1 Å². The van der Waals surface area contributed by atoms with Crippen molar-refractivity contribution >= 4 is 40.8 Å². The molecule has 0 radical (unpaired) electrons. The fourth-order valence-electron chi connectivity index (χ4n) is 4.86. The van der Waals surface area contributed by atoms with Gasteiger partial charge in [0.05, 0.1) is 35.6 Å². The van der Waals surface area contributed by atoms with Gasteiger partial charge in [-0.2, -0.15) is 0 Å². The van der Waals surface area contributed by atoms with Gasteiger partial charge in [-0.25, -0.2) is 14.8 Å². The highest BCUT2D eigenvalue weighted by Gasteiger charge is 2.35. The number of hydrogen-bond donors (Lipinski definition) is 1. The zero-order chi connectivity index (χ0) is 30.8. The molecule has 12 heteroatoms. The van der Waals surface area contributed by atoms with Crippen LogP contribution in [0, 0.1) is 6.92 Å². The first kappa shape index (κ1) is 29.1. The van der Waals surface area contributed by atoms with Gasteiger partial charge in [0.25, 0.3) is 11.1 Å². The summed E-state index contributed by atoms with van der Waals surface area (Å²) in [4.78, 5) is 51.8. The third kappa shape index (κ3) is 5.81.